The molecule has 2 nitrogen and oxygen atoms in total. The number of carbonyl (C=O) groups is 1. The van der Waals surface area contributed by atoms with Crippen molar-refractivity contribution in [2.24, 2.45) is 5.73 Å². The molecule has 4 heteroatoms. The first kappa shape index (κ1) is 10.4. The van der Waals surface area contributed by atoms with Gasteiger partial charge in [-0.3, -0.25) is 4.79 Å². The lowest BCUT2D eigenvalue weighted by molar-refractivity contribution is 0.0831. The van der Waals surface area contributed by atoms with E-state index in [0.29, 0.717) is 0 Å². The van der Waals surface area contributed by atoms with Crippen LogP contribution in [0.4, 0.5) is 8.78 Å². The zero-order chi connectivity index (χ0) is 10.7. The predicted octanol–water partition coefficient (Wildman–Crippen LogP) is 1.57. The third-order valence-corrected chi connectivity index (χ3v) is 1.75. The fraction of sp³-hybridized carbons (Fsp3) is 0.100. The molecule has 2 N–H and O–H groups in total. The van der Waals surface area contributed by atoms with Gasteiger partial charge in [0.1, 0.15) is 5.82 Å². The van der Waals surface area contributed by atoms with E-state index < -0.39 is 23.5 Å². The van der Waals surface area contributed by atoms with Gasteiger partial charge in [0, 0.05) is 5.56 Å². The Labute approximate surface area is 79.7 Å². The fourth-order valence-corrected chi connectivity index (χ4v) is 1.03. The van der Waals surface area contributed by atoms with Crippen LogP contribution in [0.5, 0.6) is 0 Å². The molecule has 1 aromatic rings. The van der Waals surface area contributed by atoms with E-state index in [1.165, 1.54) is 12.1 Å². The summed E-state index contributed by atoms with van der Waals surface area (Å²) in [5, 5.41) is 0. The van der Waals surface area contributed by atoms with Crippen molar-refractivity contribution in [2.45, 2.75) is 6.04 Å². The van der Waals surface area contributed by atoms with E-state index >= 15 is 0 Å². The molecule has 0 unspecified atom stereocenters. The molecule has 0 radical (unpaired) electrons. The van der Waals surface area contributed by atoms with Gasteiger partial charge in [-0.1, -0.05) is 18.1 Å². The Morgan fingerprint density at radius 3 is 2.71 bits per heavy atom. The lowest BCUT2D eigenvalue weighted by Crippen LogP contribution is -2.11. The van der Waals surface area contributed by atoms with Crippen LogP contribution in [-0.4, -0.2) is 6.04 Å². The fourth-order valence-electron chi connectivity index (χ4n) is 1.03. The highest BCUT2D eigenvalue weighted by atomic mass is 19.1. The predicted molar refractivity (Wildman–Crippen MR) is 47.6 cm³/mol. The molecule has 14 heavy (non-hydrogen) atoms. The highest BCUT2D eigenvalue weighted by Gasteiger charge is 2.16. The Morgan fingerprint density at radius 1 is 1.57 bits per heavy atom. The van der Waals surface area contributed by atoms with E-state index in [-0.39, 0.29) is 5.56 Å². The van der Waals surface area contributed by atoms with E-state index in [1.807, 2.05) is 0 Å². The van der Waals surface area contributed by atoms with Gasteiger partial charge in [0.05, 0.1) is 11.6 Å². The number of hydrogen-bond donors (Lipinski definition) is 1. The Hall–Kier alpha value is -1.73. The maximum atomic E-state index is 13.3. The second-order valence-electron chi connectivity index (χ2n) is 2.63. The van der Waals surface area contributed by atoms with Crippen LogP contribution in [0, 0.1) is 18.2 Å². The van der Waals surface area contributed by atoms with Crippen molar-refractivity contribution in [3.05, 3.63) is 35.1 Å². The molecule has 0 aliphatic heterocycles. The van der Waals surface area contributed by atoms with Crippen LogP contribution in [0.2, 0.25) is 0 Å². The lowest BCUT2D eigenvalue weighted by Gasteiger charge is -2.07. The normalized spacial score (nSPS) is 11.9. The Morgan fingerprint density at radius 2 is 2.21 bits per heavy atom. The van der Waals surface area contributed by atoms with Gasteiger partial charge in [-0.15, -0.1) is 6.42 Å². The van der Waals surface area contributed by atoms with Gasteiger partial charge in [-0.05, 0) is 6.07 Å². The van der Waals surface area contributed by atoms with Crippen molar-refractivity contribution in [1.82, 2.24) is 0 Å². The Kier molecular flexibility index (Phi) is 2.95. The van der Waals surface area contributed by atoms with Crippen LogP contribution >= 0.6 is 0 Å². The van der Waals surface area contributed by atoms with E-state index in [0.717, 1.165) is 6.07 Å². The summed E-state index contributed by atoms with van der Waals surface area (Å²) in [5.41, 5.74) is 4.65. The first-order chi connectivity index (χ1) is 6.57. The third kappa shape index (κ3) is 1.78. The van der Waals surface area contributed by atoms with Crippen molar-refractivity contribution < 1.29 is 13.6 Å². The summed E-state index contributed by atoms with van der Waals surface area (Å²) in [6.45, 7) is 0. The van der Waals surface area contributed by atoms with Crippen LogP contribution in [0.1, 0.15) is 22.0 Å². The van der Waals surface area contributed by atoms with Crippen LogP contribution in [-0.2, 0) is 0 Å². The zero-order valence-corrected chi connectivity index (χ0v) is 7.13. The SMILES string of the molecule is C#C[C@@H](N)c1cccc(C(=O)F)c1F. The van der Waals surface area contributed by atoms with E-state index in [2.05, 4.69) is 5.92 Å². The molecule has 1 rings (SSSR count). The monoisotopic (exact) mass is 195 g/mol. The zero-order valence-electron chi connectivity index (χ0n) is 7.13. The second kappa shape index (κ2) is 3.99. The lowest BCUT2D eigenvalue weighted by atomic mass is 10.0. The molecule has 1 atom stereocenters. The standard InChI is InChI=1S/C10H7F2NO/c1-2-8(13)6-4-3-5-7(9(6)11)10(12)14/h1,3-5,8H,13H2/t8-/m1/s1. The molecule has 0 spiro atoms. The first-order valence-electron chi connectivity index (χ1n) is 3.78. The molecular formula is C10H7F2NO. The average molecular weight is 195 g/mol. The molecular weight excluding hydrogens is 188 g/mol. The molecule has 1 aromatic carbocycles. The Bertz CT molecular complexity index is 409. The first-order valence-corrected chi connectivity index (χ1v) is 3.78. The summed E-state index contributed by atoms with van der Waals surface area (Å²) < 4.78 is 25.6. The summed E-state index contributed by atoms with van der Waals surface area (Å²) in [4.78, 5) is 10.3. The topological polar surface area (TPSA) is 43.1 Å². The molecule has 0 aliphatic rings. The second-order valence-corrected chi connectivity index (χ2v) is 2.63. The minimum absolute atomic E-state index is 0.0593. The van der Waals surface area contributed by atoms with Gasteiger partial charge in [0.2, 0.25) is 0 Å². The highest BCUT2D eigenvalue weighted by molar-refractivity contribution is 5.89. The van der Waals surface area contributed by atoms with Gasteiger partial charge in [-0.2, -0.15) is 4.39 Å². The number of halogens is 2. The molecule has 72 valence electrons. The van der Waals surface area contributed by atoms with Gasteiger partial charge in [0.15, 0.2) is 0 Å². The van der Waals surface area contributed by atoms with E-state index in [1.54, 1.807) is 0 Å². The summed E-state index contributed by atoms with van der Waals surface area (Å²) in [7, 11) is 0. The highest BCUT2D eigenvalue weighted by Crippen LogP contribution is 2.18. The Balaban J connectivity index is 3.29. The van der Waals surface area contributed by atoms with Crippen molar-refractivity contribution in [2.75, 3.05) is 0 Å². The molecule has 0 aromatic heterocycles. The number of hydrogen-bond acceptors (Lipinski definition) is 2. The summed E-state index contributed by atoms with van der Waals surface area (Å²) in [5.74, 6) is 1.10. The molecule has 0 aliphatic carbocycles. The van der Waals surface area contributed by atoms with Crippen LogP contribution in [0.3, 0.4) is 0 Å². The van der Waals surface area contributed by atoms with Crippen molar-refractivity contribution in [3.8, 4) is 12.3 Å². The van der Waals surface area contributed by atoms with Crippen LogP contribution < -0.4 is 5.73 Å². The smallest absolute Gasteiger partial charge is 0.314 e. The van der Waals surface area contributed by atoms with E-state index in [9.17, 15) is 13.6 Å². The largest absolute Gasteiger partial charge is 0.335 e. The van der Waals surface area contributed by atoms with Crippen LogP contribution in [0.15, 0.2) is 18.2 Å². The van der Waals surface area contributed by atoms with Gasteiger partial charge in [-0.25, -0.2) is 4.39 Å². The van der Waals surface area contributed by atoms with Crippen molar-refractivity contribution in [3.63, 3.8) is 0 Å². The van der Waals surface area contributed by atoms with Gasteiger partial charge >= 0.3 is 6.04 Å². The maximum Gasteiger partial charge on any atom is 0.335 e. The minimum atomic E-state index is -1.84. The van der Waals surface area contributed by atoms with Gasteiger partial charge < -0.3 is 5.73 Å². The van der Waals surface area contributed by atoms with Gasteiger partial charge in [0.25, 0.3) is 0 Å². The maximum absolute atomic E-state index is 13.3. The number of carbonyl (C=O) groups excluding carboxylic acids is 1. The minimum Gasteiger partial charge on any atom is -0.314 e. The van der Waals surface area contributed by atoms with Crippen molar-refractivity contribution >= 4 is 6.04 Å². The number of rotatable bonds is 2. The van der Waals surface area contributed by atoms with Crippen molar-refractivity contribution in [1.29, 1.82) is 0 Å². The molecule has 0 amide bonds. The molecule has 0 saturated carbocycles. The summed E-state index contributed by atoms with van der Waals surface area (Å²) in [6.07, 6.45) is 4.98. The number of terminal acetylenes is 1. The number of nitrogens with two attached hydrogens (primary N) is 1. The average Bonchev–Trinajstić information content (AvgIpc) is 2.16. The molecule has 0 fully saturated rings. The van der Waals surface area contributed by atoms with Crippen LogP contribution in [0.25, 0.3) is 0 Å². The number of benzene rings is 1. The summed E-state index contributed by atoms with van der Waals surface area (Å²) in [6, 6.07) is 0.849. The molecule has 0 saturated heterocycles. The molecule has 0 bridgehead atoms. The third-order valence-electron chi connectivity index (χ3n) is 1.75. The quantitative estimate of drug-likeness (QED) is 0.575. The molecule has 0 heterocycles. The summed E-state index contributed by atoms with van der Waals surface area (Å²) >= 11 is 0. The van der Waals surface area contributed by atoms with E-state index in [4.69, 9.17) is 12.2 Å².